The Balaban J connectivity index is 2.95. The van der Waals surface area contributed by atoms with E-state index < -0.39 is 27.2 Å². The molecule has 3 nitrogen and oxygen atoms in total. The summed E-state index contributed by atoms with van der Waals surface area (Å²) in [6, 6.07) is 6.88. The minimum atomic E-state index is -0.486. The van der Waals surface area contributed by atoms with Crippen molar-refractivity contribution in [2.75, 3.05) is 4.43 Å². The van der Waals surface area contributed by atoms with Crippen molar-refractivity contribution in [3.05, 3.63) is 29.8 Å². The van der Waals surface area contributed by atoms with E-state index in [1.165, 1.54) is 6.92 Å². The predicted octanol–water partition coefficient (Wildman–Crippen LogP) is -1.14. The van der Waals surface area contributed by atoms with Crippen LogP contribution in [0.5, 0.6) is 5.75 Å². The van der Waals surface area contributed by atoms with E-state index in [4.69, 9.17) is 4.74 Å². The first-order valence-corrected chi connectivity index (χ1v) is 7.16. The monoisotopic (exact) mass is 319 g/mol. The number of hydrogen-bond acceptors (Lipinski definition) is 3. The molecule has 0 atom stereocenters. The van der Waals surface area contributed by atoms with Crippen LogP contribution in [0.25, 0.3) is 0 Å². The number of carbonyl (C=O) groups is 2. The average Bonchev–Trinajstić information content (AvgIpc) is 2.18. The van der Waals surface area contributed by atoms with Gasteiger partial charge in [0.15, 0.2) is 0 Å². The summed E-state index contributed by atoms with van der Waals surface area (Å²) in [5, 5.41) is 0. The zero-order chi connectivity index (χ0) is 11.3. The van der Waals surface area contributed by atoms with Crippen molar-refractivity contribution in [1.82, 2.24) is 0 Å². The Bertz CT molecular complexity index is 374. The van der Waals surface area contributed by atoms with Gasteiger partial charge in [-0.2, -0.15) is 0 Å². The molecular formula is C11H12IO3-. The summed E-state index contributed by atoms with van der Waals surface area (Å²) in [4.78, 5) is 22.5. The summed E-state index contributed by atoms with van der Waals surface area (Å²) in [6.45, 7) is 3.32. The van der Waals surface area contributed by atoms with Crippen LogP contribution in [0.1, 0.15) is 24.2 Å². The van der Waals surface area contributed by atoms with Gasteiger partial charge in [0.2, 0.25) is 0 Å². The molecule has 1 aromatic rings. The van der Waals surface area contributed by atoms with Gasteiger partial charge in [-0.3, -0.25) is 0 Å². The number of alkyl halides is 1. The van der Waals surface area contributed by atoms with Crippen LogP contribution in [-0.4, -0.2) is 14.2 Å². The molecule has 0 unspecified atom stereocenters. The Morgan fingerprint density at radius 3 is 2.60 bits per heavy atom. The Morgan fingerprint density at radius 1 is 1.33 bits per heavy atom. The van der Waals surface area contributed by atoms with E-state index in [1.807, 2.05) is 6.92 Å². The van der Waals surface area contributed by atoms with Crippen LogP contribution in [0, 0.1) is 0 Å². The molecule has 15 heavy (non-hydrogen) atoms. The number of esters is 1. The van der Waals surface area contributed by atoms with E-state index in [1.54, 1.807) is 24.3 Å². The van der Waals surface area contributed by atoms with Gasteiger partial charge >= 0.3 is 99.1 Å². The summed E-state index contributed by atoms with van der Waals surface area (Å²) in [5.41, 5.74) is 0.530. The SMILES string of the molecule is CC[I-]C(=O)c1ccccc1OC(C)=O. The molecule has 0 N–H and O–H groups in total. The quantitative estimate of drug-likeness (QED) is 0.232. The molecule has 1 rings (SSSR count). The number of halogens is 1. The molecule has 0 radical (unpaired) electrons. The first-order valence-electron chi connectivity index (χ1n) is 4.56. The third kappa shape index (κ3) is 3.62. The number of carbonyl (C=O) groups excluding carboxylic acids is 2. The summed E-state index contributed by atoms with van der Waals surface area (Å²) < 4.78 is 5.98. The first kappa shape index (κ1) is 12.2. The van der Waals surface area contributed by atoms with Crippen molar-refractivity contribution < 1.29 is 35.5 Å². The molecule has 4 heteroatoms. The number of rotatable bonds is 4. The Kier molecular flexibility index (Phi) is 4.74. The van der Waals surface area contributed by atoms with Crippen molar-refractivity contribution >= 4 is 9.76 Å². The van der Waals surface area contributed by atoms with E-state index in [-0.39, 0.29) is 3.79 Å². The number of para-hydroxylation sites is 1. The van der Waals surface area contributed by atoms with Gasteiger partial charge in [-0.05, 0) is 0 Å². The van der Waals surface area contributed by atoms with Crippen LogP contribution in [0.3, 0.4) is 0 Å². The Labute approximate surface area is 99.1 Å². The van der Waals surface area contributed by atoms with Gasteiger partial charge in [0.1, 0.15) is 0 Å². The first-order chi connectivity index (χ1) is 7.15. The number of benzene rings is 1. The summed E-state index contributed by atoms with van der Waals surface area (Å²) in [5.74, 6) is -0.0203. The van der Waals surface area contributed by atoms with Gasteiger partial charge in [-0.25, -0.2) is 0 Å². The number of ether oxygens (including phenoxy) is 1. The maximum atomic E-state index is 11.7. The molecule has 0 saturated carbocycles. The maximum absolute atomic E-state index is 11.7. The van der Waals surface area contributed by atoms with Crippen molar-refractivity contribution in [2.45, 2.75) is 13.8 Å². The minimum absolute atomic E-state index is 0.119. The van der Waals surface area contributed by atoms with Crippen LogP contribution >= 0.6 is 0 Å². The third-order valence-electron chi connectivity index (χ3n) is 1.61. The molecule has 0 spiro atoms. The molecule has 0 aliphatic carbocycles. The zero-order valence-electron chi connectivity index (χ0n) is 8.62. The Hall–Kier alpha value is -0.910. The van der Waals surface area contributed by atoms with Gasteiger partial charge in [-0.15, -0.1) is 0 Å². The van der Waals surface area contributed by atoms with Gasteiger partial charge in [-0.1, -0.05) is 0 Å². The molecular weight excluding hydrogens is 307 g/mol. The molecule has 1 aromatic carbocycles. The van der Waals surface area contributed by atoms with Crippen LogP contribution in [-0.2, 0) is 4.79 Å². The molecule has 0 aliphatic rings. The number of hydrogen-bond donors (Lipinski definition) is 0. The second-order valence-electron chi connectivity index (χ2n) is 2.76. The fourth-order valence-corrected chi connectivity index (χ4v) is 2.62. The van der Waals surface area contributed by atoms with E-state index in [2.05, 4.69) is 0 Å². The average molecular weight is 319 g/mol. The molecule has 0 amide bonds. The predicted molar refractivity (Wildman–Crippen MR) is 52.6 cm³/mol. The molecule has 0 heterocycles. The van der Waals surface area contributed by atoms with E-state index in [0.717, 1.165) is 4.43 Å². The van der Waals surface area contributed by atoms with E-state index in [0.29, 0.717) is 11.3 Å². The van der Waals surface area contributed by atoms with Crippen molar-refractivity contribution in [3.8, 4) is 5.75 Å². The van der Waals surface area contributed by atoms with Crippen LogP contribution in [0.2, 0.25) is 0 Å². The summed E-state index contributed by atoms with van der Waals surface area (Å²) in [6.07, 6.45) is 0. The molecule has 0 saturated heterocycles. The van der Waals surface area contributed by atoms with Crippen LogP contribution in [0.15, 0.2) is 24.3 Å². The van der Waals surface area contributed by atoms with Gasteiger partial charge in [0.25, 0.3) is 0 Å². The van der Waals surface area contributed by atoms with Gasteiger partial charge in [0, 0.05) is 0 Å². The van der Waals surface area contributed by atoms with Gasteiger partial charge in [0.05, 0.1) is 0 Å². The summed E-state index contributed by atoms with van der Waals surface area (Å²) in [7, 11) is 0. The molecule has 0 aromatic heterocycles. The topological polar surface area (TPSA) is 43.4 Å². The van der Waals surface area contributed by atoms with Crippen LogP contribution < -0.4 is 25.9 Å². The summed E-state index contributed by atoms with van der Waals surface area (Å²) >= 11 is -0.486. The molecule has 0 bridgehead atoms. The zero-order valence-corrected chi connectivity index (χ0v) is 10.8. The molecule has 82 valence electrons. The molecule has 0 fully saturated rings. The second kappa shape index (κ2) is 5.85. The van der Waals surface area contributed by atoms with Crippen molar-refractivity contribution in [3.63, 3.8) is 0 Å². The Morgan fingerprint density at radius 2 is 2.00 bits per heavy atom. The molecule has 0 aliphatic heterocycles. The third-order valence-corrected chi connectivity index (χ3v) is 3.64. The van der Waals surface area contributed by atoms with E-state index in [9.17, 15) is 9.59 Å². The van der Waals surface area contributed by atoms with Crippen molar-refractivity contribution in [1.29, 1.82) is 0 Å². The fourth-order valence-electron chi connectivity index (χ4n) is 1.07. The normalized spacial score (nSPS) is 10.0. The standard InChI is InChI=1S/C11H12IO3/c1-3-12-11(14)9-6-4-5-7-10(9)15-8(2)13/h4-7H,3H2,1-2H3/q-1. The van der Waals surface area contributed by atoms with E-state index >= 15 is 0 Å². The van der Waals surface area contributed by atoms with Crippen molar-refractivity contribution in [2.24, 2.45) is 0 Å². The van der Waals surface area contributed by atoms with Crippen LogP contribution in [0.4, 0.5) is 0 Å². The second-order valence-corrected chi connectivity index (χ2v) is 6.03. The van der Waals surface area contributed by atoms with Gasteiger partial charge < -0.3 is 0 Å². The fraction of sp³-hybridized carbons (Fsp3) is 0.273.